The van der Waals surface area contributed by atoms with Gasteiger partial charge in [0.15, 0.2) is 5.82 Å². The summed E-state index contributed by atoms with van der Waals surface area (Å²) in [7, 11) is 0. The topological polar surface area (TPSA) is 38.9 Å². The molecule has 0 aliphatic carbocycles. The van der Waals surface area contributed by atoms with Crippen LogP contribution >= 0.6 is 11.6 Å². The van der Waals surface area contributed by atoms with E-state index in [0.29, 0.717) is 23.7 Å². The molecule has 0 saturated heterocycles. The third-order valence-corrected chi connectivity index (χ3v) is 3.26. The average Bonchev–Trinajstić information content (AvgIpc) is 2.86. The Balaban J connectivity index is 2.08. The lowest BCUT2D eigenvalue weighted by Gasteiger charge is -2.06. The Labute approximate surface area is 118 Å². The van der Waals surface area contributed by atoms with E-state index in [9.17, 15) is 13.2 Å². The molecule has 0 aliphatic rings. The number of rotatable bonds is 4. The van der Waals surface area contributed by atoms with Crippen molar-refractivity contribution in [2.75, 3.05) is 0 Å². The van der Waals surface area contributed by atoms with Crippen molar-refractivity contribution in [1.29, 1.82) is 0 Å². The predicted molar refractivity (Wildman–Crippen MR) is 67.4 cm³/mol. The van der Waals surface area contributed by atoms with Crippen molar-refractivity contribution >= 4 is 11.6 Å². The van der Waals surface area contributed by atoms with Crippen LogP contribution in [0, 0.1) is 0 Å². The molecule has 0 saturated carbocycles. The quantitative estimate of drug-likeness (QED) is 0.787. The maximum Gasteiger partial charge on any atom is 0.416 e. The van der Waals surface area contributed by atoms with Gasteiger partial charge in [-0.15, -0.1) is 11.6 Å². The lowest BCUT2D eigenvalue weighted by Crippen LogP contribution is -2.04. The van der Waals surface area contributed by atoms with Crippen LogP contribution in [0.25, 0.3) is 0 Å². The maximum absolute atomic E-state index is 12.4. The molecule has 20 heavy (non-hydrogen) atoms. The predicted octanol–water partition coefficient (Wildman–Crippen LogP) is 4.37. The molecular weight excluding hydrogens is 293 g/mol. The number of hydrogen-bond donors (Lipinski definition) is 0. The first-order valence-electron chi connectivity index (χ1n) is 6.03. The molecule has 0 amide bonds. The minimum Gasteiger partial charge on any atom is -0.339 e. The standard InChI is InChI=1S/C13H12ClF3N2O/c1-2-10(14)12-18-11(20-19-12)7-8-3-5-9(6-4-8)13(15,16)17/h3-6,10H,2,7H2,1H3. The Morgan fingerprint density at radius 3 is 2.45 bits per heavy atom. The van der Waals surface area contributed by atoms with Gasteiger partial charge >= 0.3 is 6.18 Å². The molecule has 1 aromatic carbocycles. The molecule has 0 N–H and O–H groups in total. The van der Waals surface area contributed by atoms with Gasteiger partial charge in [0.2, 0.25) is 5.89 Å². The summed E-state index contributed by atoms with van der Waals surface area (Å²) in [6, 6.07) is 4.85. The summed E-state index contributed by atoms with van der Waals surface area (Å²) in [5, 5.41) is 3.42. The van der Waals surface area contributed by atoms with Crippen LogP contribution in [-0.4, -0.2) is 10.1 Å². The Morgan fingerprint density at radius 2 is 1.90 bits per heavy atom. The van der Waals surface area contributed by atoms with E-state index in [0.717, 1.165) is 12.1 Å². The van der Waals surface area contributed by atoms with Crippen LogP contribution in [0.1, 0.15) is 41.6 Å². The molecular formula is C13H12ClF3N2O. The summed E-state index contributed by atoms with van der Waals surface area (Å²) in [4.78, 5) is 4.12. The zero-order valence-corrected chi connectivity index (χ0v) is 11.4. The number of benzene rings is 1. The zero-order valence-electron chi connectivity index (χ0n) is 10.6. The van der Waals surface area contributed by atoms with Crippen LogP contribution < -0.4 is 0 Å². The van der Waals surface area contributed by atoms with Crippen molar-refractivity contribution in [3.05, 3.63) is 47.1 Å². The Kier molecular flexibility index (Phi) is 4.32. The van der Waals surface area contributed by atoms with E-state index in [-0.39, 0.29) is 11.8 Å². The van der Waals surface area contributed by atoms with Crippen LogP contribution in [0.5, 0.6) is 0 Å². The molecule has 0 fully saturated rings. The Morgan fingerprint density at radius 1 is 1.25 bits per heavy atom. The zero-order chi connectivity index (χ0) is 14.8. The van der Waals surface area contributed by atoms with Gasteiger partial charge < -0.3 is 4.52 Å². The molecule has 0 aliphatic heterocycles. The van der Waals surface area contributed by atoms with Crippen molar-refractivity contribution in [3.63, 3.8) is 0 Å². The number of alkyl halides is 4. The van der Waals surface area contributed by atoms with Gasteiger partial charge in [-0.3, -0.25) is 0 Å². The third kappa shape index (κ3) is 3.50. The maximum atomic E-state index is 12.4. The first-order chi connectivity index (χ1) is 9.40. The van der Waals surface area contributed by atoms with Crippen molar-refractivity contribution in [3.8, 4) is 0 Å². The largest absolute Gasteiger partial charge is 0.416 e. The first-order valence-corrected chi connectivity index (χ1v) is 6.46. The summed E-state index contributed by atoms with van der Waals surface area (Å²) in [5.41, 5.74) is -0.0184. The normalized spacial score (nSPS) is 13.4. The van der Waals surface area contributed by atoms with E-state index in [4.69, 9.17) is 16.1 Å². The van der Waals surface area contributed by atoms with Gasteiger partial charge in [0.05, 0.1) is 17.4 Å². The summed E-state index contributed by atoms with van der Waals surface area (Å²) >= 11 is 5.97. The second-order valence-corrected chi connectivity index (χ2v) is 4.82. The molecule has 2 aromatic rings. The smallest absolute Gasteiger partial charge is 0.339 e. The van der Waals surface area contributed by atoms with E-state index >= 15 is 0 Å². The Hall–Kier alpha value is -1.56. The summed E-state index contributed by atoms with van der Waals surface area (Å²) < 4.78 is 42.3. The van der Waals surface area contributed by atoms with Crippen LogP contribution in [0.15, 0.2) is 28.8 Å². The van der Waals surface area contributed by atoms with Crippen LogP contribution in [-0.2, 0) is 12.6 Å². The fourth-order valence-corrected chi connectivity index (χ4v) is 1.72. The minimum atomic E-state index is -4.33. The fourth-order valence-electron chi connectivity index (χ4n) is 1.64. The second-order valence-electron chi connectivity index (χ2n) is 4.29. The molecule has 1 unspecified atom stereocenters. The monoisotopic (exact) mass is 304 g/mol. The van der Waals surface area contributed by atoms with Crippen molar-refractivity contribution in [2.45, 2.75) is 31.3 Å². The average molecular weight is 305 g/mol. The van der Waals surface area contributed by atoms with Crippen molar-refractivity contribution < 1.29 is 17.7 Å². The molecule has 108 valence electrons. The van der Waals surface area contributed by atoms with Gasteiger partial charge in [-0.25, -0.2) is 0 Å². The van der Waals surface area contributed by atoms with Crippen LogP contribution in [0.4, 0.5) is 13.2 Å². The van der Waals surface area contributed by atoms with Gasteiger partial charge in [0, 0.05) is 0 Å². The SMILES string of the molecule is CCC(Cl)c1noc(Cc2ccc(C(F)(F)F)cc2)n1. The van der Waals surface area contributed by atoms with Crippen molar-refractivity contribution in [1.82, 2.24) is 10.1 Å². The number of hydrogen-bond acceptors (Lipinski definition) is 3. The number of nitrogens with zero attached hydrogens (tertiary/aromatic N) is 2. The van der Waals surface area contributed by atoms with Crippen molar-refractivity contribution in [2.24, 2.45) is 0 Å². The highest BCUT2D eigenvalue weighted by Gasteiger charge is 2.29. The summed E-state index contributed by atoms with van der Waals surface area (Å²) in [5.74, 6) is 0.731. The van der Waals surface area contributed by atoms with Gasteiger partial charge in [-0.05, 0) is 24.1 Å². The fraction of sp³-hybridized carbons (Fsp3) is 0.385. The molecule has 7 heteroatoms. The van der Waals surface area contributed by atoms with Crippen LogP contribution in [0.3, 0.4) is 0 Å². The van der Waals surface area contributed by atoms with E-state index in [2.05, 4.69) is 10.1 Å². The second kappa shape index (κ2) is 5.83. The third-order valence-electron chi connectivity index (χ3n) is 2.76. The summed E-state index contributed by atoms with van der Waals surface area (Å²) in [6.07, 6.45) is -3.39. The minimum absolute atomic E-state index is 0.276. The van der Waals surface area contributed by atoms with Gasteiger partial charge in [0.1, 0.15) is 0 Å². The highest BCUT2D eigenvalue weighted by molar-refractivity contribution is 6.20. The first kappa shape index (κ1) is 14.8. The van der Waals surface area contributed by atoms with E-state index < -0.39 is 11.7 Å². The van der Waals surface area contributed by atoms with Gasteiger partial charge in [-0.2, -0.15) is 18.2 Å². The molecule has 1 heterocycles. The van der Waals surface area contributed by atoms with Gasteiger partial charge in [-0.1, -0.05) is 24.2 Å². The molecule has 2 rings (SSSR count). The van der Waals surface area contributed by atoms with Crippen LogP contribution in [0.2, 0.25) is 0 Å². The molecule has 0 spiro atoms. The number of aromatic nitrogens is 2. The number of halogens is 4. The van der Waals surface area contributed by atoms with Gasteiger partial charge in [0.25, 0.3) is 0 Å². The highest BCUT2D eigenvalue weighted by atomic mass is 35.5. The van der Waals surface area contributed by atoms with E-state index in [1.807, 2.05) is 6.92 Å². The lowest BCUT2D eigenvalue weighted by atomic mass is 10.1. The molecule has 1 aromatic heterocycles. The van der Waals surface area contributed by atoms with E-state index in [1.54, 1.807) is 0 Å². The Bertz CT molecular complexity index is 566. The van der Waals surface area contributed by atoms with E-state index in [1.165, 1.54) is 12.1 Å². The molecule has 1 atom stereocenters. The molecule has 0 bridgehead atoms. The lowest BCUT2D eigenvalue weighted by molar-refractivity contribution is -0.137. The molecule has 3 nitrogen and oxygen atoms in total. The molecule has 0 radical (unpaired) electrons. The highest BCUT2D eigenvalue weighted by Crippen LogP contribution is 2.29. The summed E-state index contributed by atoms with van der Waals surface area (Å²) in [6.45, 7) is 1.89.